The molecule has 10 heteroatoms. The molecule has 6 nitrogen and oxygen atoms in total. The fourth-order valence-electron chi connectivity index (χ4n) is 1.73. The minimum Gasteiger partial charge on any atom is -0.281 e. The molecule has 0 atom stereocenters. The summed E-state index contributed by atoms with van der Waals surface area (Å²) in [5.74, 6) is 0. The Bertz CT molecular complexity index is 907. The van der Waals surface area contributed by atoms with Gasteiger partial charge in [-0.3, -0.25) is 8.74 Å². The lowest BCUT2D eigenvalue weighted by molar-refractivity contribution is 0.0312. The van der Waals surface area contributed by atoms with Crippen molar-refractivity contribution in [3.05, 3.63) is 54.6 Å². The Kier molecular flexibility index (Phi) is 5.04. The predicted molar refractivity (Wildman–Crippen MR) is 81.5 cm³/mol. The molecule has 2 rings (SSSR count). The van der Waals surface area contributed by atoms with Crippen molar-refractivity contribution in [3.8, 4) is 11.1 Å². The molecule has 0 aliphatic heterocycles. The second-order valence-corrected chi connectivity index (χ2v) is 7.88. The molecule has 0 amide bonds. The van der Waals surface area contributed by atoms with E-state index in [-0.39, 0.29) is 0 Å². The van der Waals surface area contributed by atoms with E-state index in [1.165, 1.54) is 12.1 Å². The lowest BCUT2D eigenvalue weighted by Crippen LogP contribution is -2.34. The standard InChI is InChI=1S/C14H12F2O6S2/c15-14(16,24(19,20)21)10-22-23(17,18)13-8-6-12(7-9-13)11-4-2-1-3-5-11/h1-9H,10H2,(H,19,20,21). The topological polar surface area (TPSA) is 97.7 Å². The normalized spacial score (nSPS) is 13.0. The maximum Gasteiger partial charge on any atom is 0.393 e. The monoisotopic (exact) mass is 378 g/mol. The van der Waals surface area contributed by atoms with Gasteiger partial charge in [-0.1, -0.05) is 42.5 Å². The molecule has 0 unspecified atom stereocenters. The van der Waals surface area contributed by atoms with Gasteiger partial charge in [0.1, 0.15) is 6.61 Å². The van der Waals surface area contributed by atoms with Gasteiger partial charge in [0.05, 0.1) is 4.90 Å². The predicted octanol–water partition coefficient (Wildman–Crippen LogP) is 2.54. The maximum absolute atomic E-state index is 13.0. The van der Waals surface area contributed by atoms with E-state index in [1.54, 1.807) is 24.3 Å². The van der Waals surface area contributed by atoms with Gasteiger partial charge in [0.25, 0.3) is 10.1 Å². The van der Waals surface area contributed by atoms with Crippen molar-refractivity contribution in [3.63, 3.8) is 0 Å². The first kappa shape index (κ1) is 18.5. The van der Waals surface area contributed by atoms with Gasteiger partial charge in [-0.2, -0.15) is 25.6 Å². The average Bonchev–Trinajstić information content (AvgIpc) is 2.53. The second kappa shape index (κ2) is 6.55. The van der Waals surface area contributed by atoms with Crippen molar-refractivity contribution in [1.29, 1.82) is 0 Å². The van der Waals surface area contributed by atoms with Gasteiger partial charge in [-0.25, -0.2) is 0 Å². The van der Waals surface area contributed by atoms with E-state index >= 15 is 0 Å². The molecule has 1 N–H and O–H groups in total. The van der Waals surface area contributed by atoms with Crippen LogP contribution < -0.4 is 0 Å². The van der Waals surface area contributed by atoms with E-state index < -0.39 is 37.0 Å². The van der Waals surface area contributed by atoms with E-state index in [0.29, 0.717) is 5.56 Å². The molecule has 0 aromatic heterocycles. The molecule has 2 aromatic carbocycles. The fraction of sp³-hybridized carbons (Fsp3) is 0.143. The number of hydrogen-bond acceptors (Lipinski definition) is 5. The quantitative estimate of drug-likeness (QED) is 0.613. The second-order valence-electron chi connectivity index (χ2n) is 4.72. The first-order valence-corrected chi connectivity index (χ1v) is 9.27. The number of hydrogen-bond donors (Lipinski definition) is 1. The van der Waals surface area contributed by atoms with Crippen molar-refractivity contribution in [2.24, 2.45) is 0 Å². The van der Waals surface area contributed by atoms with Gasteiger partial charge in [-0.05, 0) is 23.3 Å². The van der Waals surface area contributed by atoms with E-state index in [4.69, 9.17) is 4.55 Å². The van der Waals surface area contributed by atoms with Gasteiger partial charge in [0.15, 0.2) is 0 Å². The van der Waals surface area contributed by atoms with Crippen LogP contribution in [-0.4, -0.2) is 33.2 Å². The summed E-state index contributed by atoms with van der Waals surface area (Å²) >= 11 is 0. The zero-order chi connectivity index (χ0) is 18.0. The summed E-state index contributed by atoms with van der Waals surface area (Å²) < 4.78 is 82.9. The first-order chi connectivity index (χ1) is 11.0. The molecule has 0 aliphatic rings. The summed E-state index contributed by atoms with van der Waals surface area (Å²) in [6, 6.07) is 14.2. The van der Waals surface area contributed by atoms with Crippen LogP contribution in [0.25, 0.3) is 11.1 Å². The molecule has 0 saturated carbocycles. The Morgan fingerprint density at radius 3 is 1.88 bits per heavy atom. The molecule has 0 radical (unpaired) electrons. The Morgan fingerprint density at radius 1 is 0.875 bits per heavy atom. The molecular weight excluding hydrogens is 366 g/mol. The van der Waals surface area contributed by atoms with Crippen molar-refractivity contribution < 1.29 is 34.4 Å². The molecule has 0 aliphatic carbocycles. The Hall–Kier alpha value is -1.88. The van der Waals surface area contributed by atoms with Gasteiger partial charge < -0.3 is 0 Å². The smallest absolute Gasteiger partial charge is 0.281 e. The number of benzene rings is 2. The summed E-state index contributed by atoms with van der Waals surface area (Å²) in [6.45, 7) is -2.02. The van der Waals surface area contributed by atoms with Crippen LogP contribution in [0, 0.1) is 0 Å². The summed E-state index contributed by atoms with van der Waals surface area (Å²) in [5, 5.41) is -4.73. The summed E-state index contributed by atoms with van der Waals surface area (Å²) in [5.41, 5.74) is 1.51. The fourth-order valence-corrected chi connectivity index (χ4v) is 2.92. The van der Waals surface area contributed by atoms with Crippen LogP contribution in [0.1, 0.15) is 0 Å². The summed E-state index contributed by atoms with van der Waals surface area (Å²) in [7, 11) is -10.4. The third kappa shape index (κ3) is 4.15. The maximum atomic E-state index is 13.0. The SMILES string of the molecule is O=S(=O)(OCC(F)(F)S(=O)(=O)O)c1ccc(-c2ccccc2)cc1. The molecule has 130 valence electrons. The molecule has 2 aromatic rings. The highest BCUT2D eigenvalue weighted by Crippen LogP contribution is 2.25. The highest BCUT2D eigenvalue weighted by atomic mass is 32.2. The Labute approximate surface area is 137 Å². The minimum atomic E-state index is -5.77. The van der Waals surface area contributed by atoms with E-state index in [1.807, 2.05) is 6.07 Å². The molecule has 24 heavy (non-hydrogen) atoms. The highest BCUT2D eigenvalue weighted by molar-refractivity contribution is 7.87. The lowest BCUT2D eigenvalue weighted by Gasteiger charge is -2.13. The highest BCUT2D eigenvalue weighted by Gasteiger charge is 2.46. The summed E-state index contributed by atoms with van der Waals surface area (Å²) in [6.07, 6.45) is 0. The zero-order valence-corrected chi connectivity index (χ0v) is 13.6. The lowest BCUT2D eigenvalue weighted by atomic mass is 10.1. The number of halogens is 2. The minimum absolute atomic E-state index is 0.423. The molecule has 0 spiro atoms. The van der Waals surface area contributed by atoms with E-state index in [0.717, 1.165) is 17.7 Å². The van der Waals surface area contributed by atoms with Gasteiger partial charge >= 0.3 is 15.4 Å². The van der Waals surface area contributed by atoms with Crippen molar-refractivity contribution in [2.75, 3.05) is 6.61 Å². The van der Waals surface area contributed by atoms with Crippen molar-refractivity contribution in [1.82, 2.24) is 0 Å². The third-order valence-electron chi connectivity index (χ3n) is 3.01. The zero-order valence-electron chi connectivity index (χ0n) is 12.0. The largest absolute Gasteiger partial charge is 0.393 e. The molecule has 0 fully saturated rings. The van der Waals surface area contributed by atoms with Crippen LogP contribution >= 0.6 is 0 Å². The van der Waals surface area contributed by atoms with Gasteiger partial charge in [0.2, 0.25) is 0 Å². The van der Waals surface area contributed by atoms with E-state index in [2.05, 4.69) is 4.18 Å². The Balaban J connectivity index is 2.19. The first-order valence-electron chi connectivity index (χ1n) is 6.43. The van der Waals surface area contributed by atoms with Crippen molar-refractivity contribution in [2.45, 2.75) is 10.2 Å². The van der Waals surface area contributed by atoms with Crippen LogP contribution in [0.4, 0.5) is 8.78 Å². The van der Waals surface area contributed by atoms with Gasteiger partial charge in [-0.15, -0.1) is 0 Å². The Morgan fingerprint density at radius 2 is 1.38 bits per heavy atom. The average molecular weight is 378 g/mol. The third-order valence-corrected chi connectivity index (χ3v) is 5.16. The van der Waals surface area contributed by atoms with Crippen LogP contribution in [0.3, 0.4) is 0 Å². The molecule has 0 heterocycles. The molecular formula is C14H12F2O6S2. The van der Waals surface area contributed by atoms with Crippen LogP contribution in [0.15, 0.2) is 59.5 Å². The molecule has 0 bridgehead atoms. The van der Waals surface area contributed by atoms with Crippen LogP contribution in [-0.2, 0) is 24.4 Å². The van der Waals surface area contributed by atoms with Crippen LogP contribution in [0.5, 0.6) is 0 Å². The molecule has 0 saturated heterocycles. The number of alkyl halides is 2. The summed E-state index contributed by atoms with van der Waals surface area (Å²) in [4.78, 5) is -0.423. The van der Waals surface area contributed by atoms with Crippen molar-refractivity contribution >= 4 is 20.2 Å². The van der Waals surface area contributed by atoms with E-state index in [9.17, 15) is 25.6 Å². The van der Waals surface area contributed by atoms with Gasteiger partial charge in [0, 0.05) is 0 Å². The number of rotatable bonds is 6. The van der Waals surface area contributed by atoms with Crippen LogP contribution in [0.2, 0.25) is 0 Å².